The molecular weight excluding hydrogens is 250 g/mol. The van der Waals surface area contributed by atoms with E-state index in [0.717, 1.165) is 9.75 Å². The highest BCUT2D eigenvalue weighted by Gasteiger charge is 2.22. The van der Waals surface area contributed by atoms with Gasteiger partial charge in [-0.25, -0.2) is 0 Å². The number of carbonyl (C=O) groups excluding carboxylic acids is 1. The van der Waals surface area contributed by atoms with Gasteiger partial charge in [0, 0.05) is 16.3 Å². The Kier molecular flexibility index (Phi) is 4.90. The molecule has 0 saturated carbocycles. The molecule has 0 fully saturated rings. The van der Waals surface area contributed by atoms with Gasteiger partial charge in [0.05, 0.1) is 5.56 Å². The van der Waals surface area contributed by atoms with Gasteiger partial charge in [-0.3, -0.25) is 9.59 Å². The molecule has 0 unspecified atom stereocenters. The maximum absolute atomic E-state index is 12.3. The molecule has 0 aliphatic carbocycles. The maximum Gasteiger partial charge on any atom is 0.323 e. The van der Waals surface area contributed by atoms with Gasteiger partial charge in [-0.05, 0) is 25.8 Å². The lowest BCUT2D eigenvalue weighted by Gasteiger charge is -2.22. The summed E-state index contributed by atoms with van der Waals surface area (Å²) in [6.45, 7) is 7.98. The van der Waals surface area contributed by atoms with Gasteiger partial charge < -0.3 is 10.0 Å². The Morgan fingerprint density at radius 1 is 1.39 bits per heavy atom. The number of aliphatic carboxylic acids is 1. The summed E-state index contributed by atoms with van der Waals surface area (Å²) in [5, 5.41) is 8.88. The Morgan fingerprint density at radius 3 is 2.39 bits per heavy atom. The molecule has 18 heavy (non-hydrogen) atoms. The molecule has 1 rings (SSSR count). The van der Waals surface area contributed by atoms with Crippen LogP contribution >= 0.6 is 11.3 Å². The normalized spacial score (nSPS) is 10.7. The van der Waals surface area contributed by atoms with Crippen LogP contribution in [-0.4, -0.2) is 35.0 Å². The molecule has 0 aliphatic heterocycles. The molecule has 0 aromatic carbocycles. The van der Waals surface area contributed by atoms with Crippen LogP contribution in [0.5, 0.6) is 0 Å². The molecule has 4 nitrogen and oxygen atoms in total. The summed E-state index contributed by atoms with van der Waals surface area (Å²) in [4.78, 5) is 26.6. The number of carboxylic acid groups (broad SMARTS) is 1. The summed E-state index contributed by atoms with van der Waals surface area (Å²) in [6, 6.07) is 1.83. The van der Waals surface area contributed by atoms with Gasteiger partial charge in [-0.1, -0.05) is 13.8 Å². The van der Waals surface area contributed by atoms with Crippen molar-refractivity contribution in [1.82, 2.24) is 4.90 Å². The zero-order valence-corrected chi connectivity index (χ0v) is 12.0. The van der Waals surface area contributed by atoms with E-state index in [1.165, 1.54) is 4.90 Å². The summed E-state index contributed by atoms with van der Waals surface area (Å²) in [5.74, 6) is -0.921. The van der Waals surface area contributed by atoms with Crippen molar-refractivity contribution < 1.29 is 14.7 Å². The maximum atomic E-state index is 12.3. The molecule has 5 heteroatoms. The first-order chi connectivity index (χ1) is 8.31. The van der Waals surface area contributed by atoms with E-state index in [1.807, 2.05) is 33.8 Å². The molecule has 1 aromatic rings. The van der Waals surface area contributed by atoms with Crippen LogP contribution < -0.4 is 0 Å². The summed E-state index contributed by atoms with van der Waals surface area (Å²) in [6.07, 6.45) is 0. The fourth-order valence-corrected chi connectivity index (χ4v) is 2.75. The number of carbonyl (C=O) groups is 2. The van der Waals surface area contributed by atoms with Crippen molar-refractivity contribution in [2.45, 2.75) is 27.7 Å². The average molecular weight is 269 g/mol. The van der Waals surface area contributed by atoms with E-state index in [9.17, 15) is 9.59 Å². The quantitative estimate of drug-likeness (QED) is 0.893. The molecule has 0 atom stereocenters. The number of nitrogens with zero attached hydrogens (tertiary/aromatic N) is 1. The minimum atomic E-state index is -0.978. The van der Waals surface area contributed by atoms with Crippen molar-refractivity contribution in [2.75, 3.05) is 13.1 Å². The largest absolute Gasteiger partial charge is 0.480 e. The number of carboxylic acids is 1. The van der Waals surface area contributed by atoms with Crippen LogP contribution in [-0.2, 0) is 4.79 Å². The third kappa shape index (κ3) is 3.84. The molecule has 0 bridgehead atoms. The van der Waals surface area contributed by atoms with E-state index in [2.05, 4.69) is 0 Å². The van der Waals surface area contributed by atoms with E-state index in [-0.39, 0.29) is 18.4 Å². The van der Waals surface area contributed by atoms with E-state index >= 15 is 0 Å². The first-order valence-electron chi connectivity index (χ1n) is 5.89. The first-order valence-corrected chi connectivity index (χ1v) is 6.71. The second kappa shape index (κ2) is 6.00. The van der Waals surface area contributed by atoms with Crippen LogP contribution in [0.4, 0.5) is 0 Å². The van der Waals surface area contributed by atoms with Gasteiger partial charge in [-0.2, -0.15) is 0 Å². The SMILES string of the molecule is Cc1cc(C(=O)N(CC(=O)O)CC(C)C)c(C)s1. The van der Waals surface area contributed by atoms with Crippen LogP contribution in [0.1, 0.15) is 34.0 Å². The molecular formula is C13H19NO3S. The molecule has 1 aromatic heterocycles. The van der Waals surface area contributed by atoms with Gasteiger partial charge in [-0.15, -0.1) is 11.3 Å². The molecule has 0 aliphatic rings. The van der Waals surface area contributed by atoms with Crippen molar-refractivity contribution in [3.8, 4) is 0 Å². The van der Waals surface area contributed by atoms with Gasteiger partial charge >= 0.3 is 5.97 Å². The number of amides is 1. The van der Waals surface area contributed by atoms with E-state index in [4.69, 9.17) is 5.11 Å². The molecule has 1 amide bonds. The molecule has 0 radical (unpaired) electrons. The van der Waals surface area contributed by atoms with Crippen LogP contribution in [0.25, 0.3) is 0 Å². The minimum absolute atomic E-state index is 0.187. The van der Waals surface area contributed by atoms with E-state index in [1.54, 1.807) is 11.3 Å². The molecule has 100 valence electrons. The minimum Gasteiger partial charge on any atom is -0.480 e. The fraction of sp³-hybridized carbons (Fsp3) is 0.538. The van der Waals surface area contributed by atoms with E-state index < -0.39 is 5.97 Å². The summed E-state index contributed by atoms with van der Waals surface area (Å²) in [7, 11) is 0. The molecule has 1 heterocycles. The second-order valence-corrected chi connectivity index (χ2v) is 6.26. The summed E-state index contributed by atoms with van der Waals surface area (Å²) < 4.78 is 0. The number of hydrogen-bond acceptors (Lipinski definition) is 3. The zero-order chi connectivity index (χ0) is 13.9. The van der Waals surface area contributed by atoms with Crippen LogP contribution in [0.3, 0.4) is 0 Å². The monoisotopic (exact) mass is 269 g/mol. The zero-order valence-electron chi connectivity index (χ0n) is 11.2. The third-order valence-corrected chi connectivity index (χ3v) is 3.44. The molecule has 0 spiro atoms. The lowest BCUT2D eigenvalue weighted by Crippen LogP contribution is -2.38. The second-order valence-electron chi connectivity index (χ2n) is 4.80. The van der Waals surface area contributed by atoms with Crippen molar-refractivity contribution in [3.05, 3.63) is 21.4 Å². The standard InChI is InChI=1S/C13H19NO3S/c1-8(2)6-14(7-12(15)16)13(17)11-5-9(3)18-10(11)4/h5,8H,6-7H2,1-4H3,(H,15,16). The van der Waals surface area contributed by atoms with Crippen LogP contribution in [0.15, 0.2) is 6.07 Å². The topological polar surface area (TPSA) is 57.6 Å². The highest BCUT2D eigenvalue weighted by atomic mass is 32.1. The van der Waals surface area contributed by atoms with Crippen molar-refractivity contribution in [1.29, 1.82) is 0 Å². The Bertz CT molecular complexity index is 451. The van der Waals surface area contributed by atoms with Crippen LogP contribution in [0, 0.1) is 19.8 Å². The third-order valence-electron chi connectivity index (χ3n) is 2.47. The fourth-order valence-electron chi connectivity index (χ4n) is 1.84. The van der Waals surface area contributed by atoms with E-state index in [0.29, 0.717) is 12.1 Å². The average Bonchev–Trinajstić information content (AvgIpc) is 2.54. The number of thiophene rings is 1. The lowest BCUT2D eigenvalue weighted by atomic mass is 10.1. The van der Waals surface area contributed by atoms with Crippen LogP contribution in [0.2, 0.25) is 0 Å². The Hall–Kier alpha value is -1.36. The Morgan fingerprint density at radius 2 is 2.00 bits per heavy atom. The molecule has 0 saturated heterocycles. The number of rotatable bonds is 5. The van der Waals surface area contributed by atoms with Gasteiger partial charge in [0.15, 0.2) is 0 Å². The molecule has 1 N–H and O–H groups in total. The smallest absolute Gasteiger partial charge is 0.323 e. The van der Waals surface area contributed by atoms with Gasteiger partial charge in [0.2, 0.25) is 0 Å². The Labute approximate surface area is 111 Å². The lowest BCUT2D eigenvalue weighted by molar-refractivity contribution is -0.137. The highest BCUT2D eigenvalue weighted by molar-refractivity contribution is 7.12. The Balaban J connectivity index is 2.94. The predicted molar refractivity (Wildman–Crippen MR) is 72.2 cm³/mol. The van der Waals surface area contributed by atoms with Crippen molar-refractivity contribution >= 4 is 23.2 Å². The van der Waals surface area contributed by atoms with Gasteiger partial charge in [0.1, 0.15) is 6.54 Å². The summed E-state index contributed by atoms with van der Waals surface area (Å²) in [5.41, 5.74) is 0.624. The van der Waals surface area contributed by atoms with Gasteiger partial charge in [0.25, 0.3) is 5.91 Å². The van der Waals surface area contributed by atoms with Crippen molar-refractivity contribution in [3.63, 3.8) is 0 Å². The first kappa shape index (κ1) is 14.7. The number of aryl methyl sites for hydroxylation is 2. The number of hydrogen-bond donors (Lipinski definition) is 1. The predicted octanol–water partition coefficient (Wildman–Crippen LogP) is 2.55. The highest BCUT2D eigenvalue weighted by Crippen LogP contribution is 2.22. The van der Waals surface area contributed by atoms with Crippen molar-refractivity contribution in [2.24, 2.45) is 5.92 Å². The summed E-state index contributed by atoms with van der Waals surface area (Å²) >= 11 is 1.56.